The van der Waals surface area contributed by atoms with E-state index in [0.717, 1.165) is 0 Å². The molecular weight excluding hydrogens is 230 g/mol. The first-order chi connectivity index (χ1) is 7.90. The quantitative estimate of drug-likeness (QED) is 0.782. The van der Waals surface area contributed by atoms with Crippen molar-refractivity contribution < 1.29 is 29.3 Å². The molecule has 0 aromatic carbocycles. The number of nitrogens with zero attached hydrogens (tertiary/aromatic N) is 1. The number of ether oxygens (including phenoxy) is 2. The molecule has 1 aromatic heterocycles. The predicted molar refractivity (Wildman–Crippen MR) is 55.6 cm³/mol. The molecule has 0 aliphatic rings. The lowest BCUT2D eigenvalue weighted by Gasteiger charge is -2.09. The maximum absolute atomic E-state index is 10.4. The zero-order chi connectivity index (χ0) is 13.0. The van der Waals surface area contributed by atoms with E-state index in [4.69, 9.17) is 10.2 Å². The molecule has 0 amide bonds. The van der Waals surface area contributed by atoms with Crippen molar-refractivity contribution in [2.45, 2.75) is 19.8 Å². The van der Waals surface area contributed by atoms with Crippen molar-refractivity contribution in [3.8, 4) is 11.6 Å². The SMILES string of the molecule is CC(C)c1cnc(OC(=O)O)c(OC(=O)O)c1. The van der Waals surface area contributed by atoms with Gasteiger partial charge in [-0.3, -0.25) is 0 Å². The minimum Gasteiger partial charge on any atom is -0.449 e. The molecule has 1 aromatic rings. The van der Waals surface area contributed by atoms with Crippen LogP contribution in [-0.4, -0.2) is 27.5 Å². The largest absolute Gasteiger partial charge is 0.512 e. The molecule has 2 N–H and O–H groups in total. The van der Waals surface area contributed by atoms with Crippen LogP contribution in [0.5, 0.6) is 11.6 Å². The lowest BCUT2D eigenvalue weighted by Crippen LogP contribution is -2.10. The second-order valence-corrected chi connectivity index (χ2v) is 3.46. The van der Waals surface area contributed by atoms with Crippen LogP contribution < -0.4 is 9.47 Å². The molecule has 0 unspecified atom stereocenters. The zero-order valence-electron chi connectivity index (χ0n) is 9.21. The summed E-state index contributed by atoms with van der Waals surface area (Å²) in [4.78, 5) is 24.5. The highest BCUT2D eigenvalue weighted by atomic mass is 16.7. The molecule has 0 radical (unpaired) electrons. The summed E-state index contributed by atoms with van der Waals surface area (Å²) in [5, 5.41) is 16.9. The molecule has 7 nitrogen and oxygen atoms in total. The molecule has 0 saturated heterocycles. The number of hydrogen-bond acceptors (Lipinski definition) is 5. The van der Waals surface area contributed by atoms with Gasteiger partial charge < -0.3 is 19.7 Å². The van der Waals surface area contributed by atoms with E-state index >= 15 is 0 Å². The van der Waals surface area contributed by atoms with Gasteiger partial charge in [0.05, 0.1) is 0 Å². The molecule has 92 valence electrons. The van der Waals surface area contributed by atoms with Crippen molar-refractivity contribution in [2.75, 3.05) is 0 Å². The van der Waals surface area contributed by atoms with Crippen molar-refractivity contribution in [2.24, 2.45) is 0 Å². The minimum absolute atomic E-state index is 0.0949. The molecule has 0 bridgehead atoms. The smallest absolute Gasteiger partial charge is 0.449 e. The second-order valence-electron chi connectivity index (χ2n) is 3.46. The summed E-state index contributed by atoms with van der Waals surface area (Å²) in [5.74, 6) is -0.548. The Labute approximate surface area is 96.6 Å². The highest BCUT2D eigenvalue weighted by Crippen LogP contribution is 2.28. The van der Waals surface area contributed by atoms with E-state index in [2.05, 4.69) is 14.5 Å². The first-order valence-electron chi connectivity index (χ1n) is 4.71. The van der Waals surface area contributed by atoms with E-state index in [0.29, 0.717) is 5.56 Å². The summed E-state index contributed by atoms with van der Waals surface area (Å²) in [6.45, 7) is 3.75. The molecule has 0 saturated carbocycles. The van der Waals surface area contributed by atoms with Gasteiger partial charge in [0.15, 0.2) is 5.75 Å². The Kier molecular flexibility index (Phi) is 3.86. The summed E-state index contributed by atoms with van der Waals surface area (Å²) in [6.07, 6.45) is -1.76. The van der Waals surface area contributed by atoms with Gasteiger partial charge in [-0.25, -0.2) is 14.6 Å². The molecule has 0 aliphatic heterocycles. The van der Waals surface area contributed by atoms with Crippen LogP contribution in [0.25, 0.3) is 0 Å². The second kappa shape index (κ2) is 5.15. The molecule has 17 heavy (non-hydrogen) atoms. The highest BCUT2D eigenvalue weighted by Gasteiger charge is 2.16. The Balaban J connectivity index is 3.11. The van der Waals surface area contributed by atoms with Crippen LogP contribution in [0.15, 0.2) is 12.3 Å². The number of hydrogen-bond donors (Lipinski definition) is 2. The maximum atomic E-state index is 10.4. The Morgan fingerprint density at radius 2 is 1.82 bits per heavy atom. The predicted octanol–water partition coefficient (Wildman–Crippen LogP) is 2.32. The van der Waals surface area contributed by atoms with E-state index < -0.39 is 18.2 Å². The molecule has 1 rings (SSSR count). The summed E-state index contributed by atoms with van der Waals surface area (Å²) in [5.41, 5.74) is 0.707. The lowest BCUT2D eigenvalue weighted by atomic mass is 10.1. The van der Waals surface area contributed by atoms with Gasteiger partial charge in [-0.1, -0.05) is 13.8 Å². The molecule has 0 aliphatic carbocycles. The Morgan fingerprint density at radius 1 is 1.24 bits per heavy atom. The molecule has 0 spiro atoms. The third-order valence-corrected chi connectivity index (χ3v) is 1.89. The molecular formula is C10H11NO6. The monoisotopic (exact) mass is 241 g/mol. The molecule has 1 heterocycles. The third-order valence-electron chi connectivity index (χ3n) is 1.89. The van der Waals surface area contributed by atoms with E-state index in [9.17, 15) is 9.59 Å². The van der Waals surface area contributed by atoms with Crippen LogP contribution in [0.2, 0.25) is 0 Å². The van der Waals surface area contributed by atoms with Crippen LogP contribution in [-0.2, 0) is 0 Å². The molecule has 0 fully saturated rings. The number of rotatable bonds is 3. The topological polar surface area (TPSA) is 106 Å². The highest BCUT2D eigenvalue weighted by molar-refractivity contribution is 5.65. The summed E-state index contributed by atoms with van der Waals surface area (Å²) < 4.78 is 8.70. The minimum atomic E-state index is -1.59. The van der Waals surface area contributed by atoms with Crippen molar-refractivity contribution in [3.05, 3.63) is 17.8 Å². The number of carboxylic acid groups (broad SMARTS) is 2. The third kappa shape index (κ3) is 3.63. The fraction of sp³-hybridized carbons (Fsp3) is 0.300. The van der Waals surface area contributed by atoms with Gasteiger partial charge in [-0.2, -0.15) is 0 Å². The fourth-order valence-corrected chi connectivity index (χ4v) is 1.09. The number of pyridine rings is 1. The van der Waals surface area contributed by atoms with Gasteiger partial charge in [0.2, 0.25) is 0 Å². The van der Waals surface area contributed by atoms with Gasteiger partial charge in [0, 0.05) is 6.20 Å². The average Bonchev–Trinajstić information content (AvgIpc) is 2.18. The zero-order valence-corrected chi connectivity index (χ0v) is 9.21. The normalized spacial score (nSPS) is 10.1. The Hall–Kier alpha value is -2.31. The Bertz CT molecular complexity index is 442. The van der Waals surface area contributed by atoms with Crippen LogP contribution in [0, 0.1) is 0 Å². The van der Waals surface area contributed by atoms with Crippen LogP contribution in [0.1, 0.15) is 25.3 Å². The van der Waals surface area contributed by atoms with E-state index in [1.54, 1.807) is 0 Å². The van der Waals surface area contributed by atoms with Gasteiger partial charge in [-0.15, -0.1) is 0 Å². The van der Waals surface area contributed by atoms with Crippen LogP contribution in [0.3, 0.4) is 0 Å². The first kappa shape index (κ1) is 12.8. The van der Waals surface area contributed by atoms with Crippen molar-refractivity contribution in [1.29, 1.82) is 0 Å². The van der Waals surface area contributed by atoms with Gasteiger partial charge in [0.1, 0.15) is 0 Å². The van der Waals surface area contributed by atoms with E-state index in [-0.39, 0.29) is 11.7 Å². The van der Waals surface area contributed by atoms with Crippen molar-refractivity contribution in [3.63, 3.8) is 0 Å². The maximum Gasteiger partial charge on any atom is 0.512 e. The fourth-order valence-electron chi connectivity index (χ4n) is 1.09. The average molecular weight is 241 g/mol. The van der Waals surface area contributed by atoms with Gasteiger partial charge >= 0.3 is 12.3 Å². The molecule has 0 atom stereocenters. The van der Waals surface area contributed by atoms with E-state index in [1.807, 2.05) is 13.8 Å². The first-order valence-corrected chi connectivity index (χ1v) is 4.71. The van der Waals surface area contributed by atoms with Crippen molar-refractivity contribution in [1.82, 2.24) is 4.98 Å². The van der Waals surface area contributed by atoms with Crippen molar-refractivity contribution >= 4 is 12.3 Å². The molecule has 7 heteroatoms. The lowest BCUT2D eigenvalue weighted by molar-refractivity contribution is 0.131. The summed E-state index contributed by atoms with van der Waals surface area (Å²) in [7, 11) is 0. The van der Waals surface area contributed by atoms with Gasteiger partial charge in [-0.05, 0) is 17.5 Å². The van der Waals surface area contributed by atoms with Gasteiger partial charge in [0.25, 0.3) is 5.88 Å². The standard InChI is InChI=1S/C10H11NO6/c1-5(2)6-3-7(16-9(12)13)8(11-4-6)17-10(14)15/h3-5H,1-2H3,(H,12,13)(H,14,15). The summed E-state index contributed by atoms with van der Waals surface area (Å²) >= 11 is 0. The Morgan fingerprint density at radius 3 is 2.29 bits per heavy atom. The van der Waals surface area contributed by atoms with E-state index in [1.165, 1.54) is 12.3 Å². The number of aromatic nitrogens is 1. The van der Waals surface area contributed by atoms with Crippen LogP contribution >= 0.6 is 0 Å². The number of carbonyl (C=O) groups is 2. The summed E-state index contributed by atoms with van der Waals surface area (Å²) in [6, 6.07) is 1.38. The van der Waals surface area contributed by atoms with Crippen LogP contribution in [0.4, 0.5) is 9.59 Å².